The van der Waals surface area contributed by atoms with Gasteiger partial charge in [0.05, 0.1) is 16.7 Å². The van der Waals surface area contributed by atoms with E-state index in [0.29, 0.717) is 0 Å². The molecule has 156 valence electrons. The van der Waals surface area contributed by atoms with E-state index in [1.165, 1.54) is 24.3 Å². The minimum absolute atomic E-state index is 0.00184. The van der Waals surface area contributed by atoms with Crippen LogP contribution >= 0.6 is 0 Å². The summed E-state index contributed by atoms with van der Waals surface area (Å²) < 4.78 is 5.75. The van der Waals surface area contributed by atoms with Crippen molar-refractivity contribution in [2.24, 2.45) is 5.92 Å². The van der Waals surface area contributed by atoms with Gasteiger partial charge >= 0.3 is 5.97 Å². The highest BCUT2D eigenvalue weighted by Crippen LogP contribution is 2.38. The minimum atomic E-state index is -0.719. The van der Waals surface area contributed by atoms with Gasteiger partial charge in [0.2, 0.25) is 5.78 Å². The molecule has 0 saturated carbocycles. The fourth-order valence-corrected chi connectivity index (χ4v) is 4.30. The zero-order valence-corrected chi connectivity index (χ0v) is 16.8. The van der Waals surface area contributed by atoms with Crippen LogP contribution in [-0.2, 0) is 4.74 Å². The normalized spacial score (nSPS) is 16.7. The number of benzene rings is 2. The topological polar surface area (TPSA) is 113 Å². The smallest absolute Gasteiger partial charge is 0.338 e. The third kappa shape index (κ3) is 3.25. The largest absolute Gasteiger partial charge is 0.507 e. The molecule has 1 aliphatic carbocycles. The van der Waals surface area contributed by atoms with Gasteiger partial charge in [0.15, 0.2) is 5.78 Å². The van der Waals surface area contributed by atoms with Crippen LogP contribution in [0.15, 0.2) is 30.3 Å². The van der Waals surface area contributed by atoms with Crippen molar-refractivity contribution in [3.63, 3.8) is 0 Å². The van der Waals surface area contributed by atoms with Gasteiger partial charge in [-0.25, -0.2) is 4.79 Å². The minimum Gasteiger partial charge on any atom is -0.507 e. The molecule has 2 aliphatic rings. The molecule has 1 fully saturated rings. The maximum absolute atomic E-state index is 12.9. The summed E-state index contributed by atoms with van der Waals surface area (Å²) in [6.07, 6.45) is 1.76. The van der Waals surface area contributed by atoms with Crippen LogP contribution in [0.3, 0.4) is 0 Å². The van der Waals surface area contributed by atoms with Crippen molar-refractivity contribution < 1.29 is 29.3 Å². The van der Waals surface area contributed by atoms with E-state index in [0.717, 1.165) is 32.0 Å². The number of piperidine rings is 1. The number of phenols is 2. The van der Waals surface area contributed by atoms with E-state index in [1.54, 1.807) is 0 Å². The van der Waals surface area contributed by atoms with Crippen LogP contribution in [0, 0.1) is 5.92 Å². The number of esters is 1. The van der Waals surface area contributed by atoms with Crippen molar-refractivity contribution in [2.45, 2.75) is 32.3 Å². The highest BCUT2D eigenvalue weighted by atomic mass is 16.6. The number of nitrogens with one attached hydrogen (secondary N) is 1. The van der Waals surface area contributed by atoms with Crippen molar-refractivity contribution in [3.8, 4) is 11.5 Å². The summed E-state index contributed by atoms with van der Waals surface area (Å²) in [7, 11) is 0. The zero-order chi connectivity index (χ0) is 21.6. The Morgan fingerprint density at radius 1 is 1.00 bits per heavy atom. The van der Waals surface area contributed by atoms with Gasteiger partial charge in [-0.2, -0.15) is 0 Å². The molecule has 7 nitrogen and oxygen atoms in total. The van der Waals surface area contributed by atoms with Gasteiger partial charge in [0.25, 0.3) is 0 Å². The second-order valence-electron chi connectivity index (χ2n) is 8.29. The Bertz CT molecular complexity index is 1070. The molecule has 4 rings (SSSR count). The van der Waals surface area contributed by atoms with Crippen LogP contribution in [0.1, 0.15) is 68.9 Å². The van der Waals surface area contributed by atoms with Crippen molar-refractivity contribution in [2.75, 3.05) is 13.1 Å². The van der Waals surface area contributed by atoms with E-state index in [-0.39, 0.29) is 39.5 Å². The Balaban J connectivity index is 1.69. The summed E-state index contributed by atoms with van der Waals surface area (Å²) in [4.78, 5) is 38.6. The van der Waals surface area contributed by atoms with Crippen molar-refractivity contribution in [3.05, 3.63) is 58.1 Å². The summed E-state index contributed by atoms with van der Waals surface area (Å²) in [5.74, 6) is -2.51. The standard InChI is InChI=1S/C23H23NO6/c1-23(2,13-6-8-24-9-7-13)30-22(29)12-10-15-19(17(26)11-12)21(28)18-14(20(15)27)4-3-5-16(18)25/h3-5,10-11,13,24-26H,6-9H2,1-2H3. The third-order valence-electron chi connectivity index (χ3n) is 6.02. The predicted molar refractivity (Wildman–Crippen MR) is 108 cm³/mol. The summed E-state index contributed by atoms with van der Waals surface area (Å²) >= 11 is 0. The molecule has 0 unspecified atom stereocenters. The van der Waals surface area contributed by atoms with Crippen LogP contribution in [0.2, 0.25) is 0 Å². The molecule has 30 heavy (non-hydrogen) atoms. The Morgan fingerprint density at radius 2 is 1.67 bits per heavy atom. The first-order valence-electron chi connectivity index (χ1n) is 9.93. The number of phenolic OH excluding ortho intramolecular Hbond substituents is 2. The predicted octanol–water partition coefficient (Wildman–Crippen LogP) is 2.81. The second kappa shape index (κ2) is 7.25. The van der Waals surface area contributed by atoms with Crippen LogP contribution in [0.25, 0.3) is 0 Å². The molecule has 1 saturated heterocycles. The van der Waals surface area contributed by atoms with Gasteiger partial charge < -0.3 is 20.3 Å². The number of fused-ring (bicyclic) bond motifs is 2. The number of rotatable bonds is 3. The molecule has 0 aromatic heterocycles. The second-order valence-corrected chi connectivity index (χ2v) is 8.29. The molecular weight excluding hydrogens is 386 g/mol. The quantitative estimate of drug-likeness (QED) is 0.570. The van der Waals surface area contributed by atoms with E-state index in [1.807, 2.05) is 13.8 Å². The van der Waals surface area contributed by atoms with E-state index >= 15 is 0 Å². The highest BCUT2D eigenvalue weighted by Gasteiger charge is 2.37. The summed E-state index contributed by atoms with van der Waals surface area (Å²) in [6.45, 7) is 5.42. The van der Waals surface area contributed by atoms with Crippen molar-refractivity contribution in [1.82, 2.24) is 5.32 Å². The molecule has 7 heteroatoms. The van der Waals surface area contributed by atoms with E-state index in [9.17, 15) is 24.6 Å². The first kappa shape index (κ1) is 20.1. The van der Waals surface area contributed by atoms with Gasteiger partial charge in [-0.15, -0.1) is 0 Å². The van der Waals surface area contributed by atoms with Crippen LogP contribution in [0.5, 0.6) is 11.5 Å². The van der Waals surface area contributed by atoms with E-state index < -0.39 is 28.9 Å². The Labute approximate surface area is 173 Å². The van der Waals surface area contributed by atoms with Crippen LogP contribution in [0.4, 0.5) is 0 Å². The number of ketones is 2. The number of ether oxygens (including phenoxy) is 1. The maximum atomic E-state index is 12.9. The van der Waals surface area contributed by atoms with Gasteiger partial charge in [0.1, 0.15) is 17.1 Å². The summed E-state index contributed by atoms with van der Waals surface area (Å²) in [5, 5.41) is 23.8. The number of carbonyl (C=O) groups is 3. The molecule has 0 amide bonds. The maximum Gasteiger partial charge on any atom is 0.338 e. The number of hydrogen-bond donors (Lipinski definition) is 3. The fourth-order valence-electron chi connectivity index (χ4n) is 4.30. The number of hydrogen-bond acceptors (Lipinski definition) is 7. The lowest BCUT2D eigenvalue weighted by Crippen LogP contribution is -2.42. The first-order chi connectivity index (χ1) is 14.2. The van der Waals surface area contributed by atoms with Crippen molar-refractivity contribution >= 4 is 17.5 Å². The number of carbonyl (C=O) groups excluding carboxylic acids is 3. The average Bonchev–Trinajstić information content (AvgIpc) is 2.71. The third-order valence-corrected chi connectivity index (χ3v) is 6.02. The van der Waals surface area contributed by atoms with Gasteiger partial charge in [-0.3, -0.25) is 9.59 Å². The molecular formula is C23H23NO6. The van der Waals surface area contributed by atoms with E-state index in [4.69, 9.17) is 4.74 Å². The SMILES string of the molecule is CC(C)(OC(=O)c1cc(O)c2c(c1)C(=O)c1cccc(O)c1C2=O)C1CCNCC1. The van der Waals surface area contributed by atoms with Crippen LogP contribution in [-0.4, -0.2) is 46.4 Å². The van der Waals surface area contributed by atoms with Gasteiger partial charge in [0, 0.05) is 17.0 Å². The zero-order valence-electron chi connectivity index (χ0n) is 16.8. The highest BCUT2D eigenvalue weighted by molar-refractivity contribution is 6.30. The Hall–Kier alpha value is -3.19. The van der Waals surface area contributed by atoms with Gasteiger partial charge in [-0.1, -0.05) is 12.1 Å². The fraction of sp³-hybridized carbons (Fsp3) is 0.348. The molecule has 0 atom stereocenters. The molecule has 2 aromatic rings. The first-order valence-corrected chi connectivity index (χ1v) is 9.93. The molecule has 1 heterocycles. The van der Waals surface area contributed by atoms with Gasteiger partial charge in [-0.05, 0) is 58.0 Å². The molecule has 3 N–H and O–H groups in total. The molecule has 0 bridgehead atoms. The molecule has 2 aromatic carbocycles. The average molecular weight is 409 g/mol. The Morgan fingerprint density at radius 3 is 2.37 bits per heavy atom. The lowest BCUT2D eigenvalue weighted by molar-refractivity contribution is -0.0368. The number of aromatic hydroxyl groups is 2. The van der Waals surface area contributed by atoms with Crippen molar-refractivity contribution in [1.29, 1.82) is 0 Å². The molecule has 0 radical (unpaired) electrons. The summed E-state index contributed by atoms with van der Waals surface area (Å²) in [5.41, 5.74) is -1.13. The summed E-state index contributed by atoms with van der Waals surface area (Å²) in [6, 6.07) is 6.62. The lowest BCUT2D eigenvalue weighted by Gasteiger charge is -2.36. The van der Waals surface area contributed by atoms with Crippen LogP contribution < -0.4 is 5.32 Å². The lowest BCUT2D eigenvalue weighted by atomic mass is 9.82. The molecule has 0 spiro atoms. The monoisotopic (exact) mass is 409 g/mol. The Kier molecular flexibility index (Phi) is 4.86. The van der Waals surface area contributed by atoms with E-state index in [2.05, 4.69) is 5.32 Å². The molecule has 1 aliphatic heterocycles.